The molecule has 3 unspecified atom stereocenters. The number of ketones is 1. The number of phenols is 1. The van der Waals surface area contributed by atoms with Crippen molar-refractivity contribution in [3.8, 4) is 28.7 Å². The average molecular weight is 1650 g/mol. The number of likely N-dealkylation sites (tertiary alicyclic amines) is 4. The van der Waals surface area contributed by atoms with Crippen LogP contribution in [0.4, 0.5) is 0 Å². The molecule has 12 aliphatic carbocycles. The number of nitrogens with zero attached hydrogens (tertiary/aromatic N) is 4. The van der Waals surface area contributed by atoms with Gasteiger partial charge < -0.3 is 91.3 Å². The molecule has 24 rings (SSSR count). The number of hydrogen-bond acceptors (Lipinski definition) is 23. The monoisotopic (exact) mass is 1650 g/mol. The summed E-state index contributed by atoms with van der Waals surface area (Å²) in [6, 6.07) is 16.3. The van der Waals surface area contributed by atoms with Gasteiger partial charge in [0.1, 0.15) is 35.6 Å². The molecule has 25 nitrogen and oxygen atoms in total. The van der Waals surface area contributed by atoms with Crippen LogP contribution in [0, 0.1) is 20.8 Å². The number of ether oxygens (including phenoxy) is 6. The van der Waals surface area contributed by atoms with E-state index in [0.717, 1.165) is 135 Å². The number of aryl methyl sites for hydroxylation is 3. The normalized spacial score (nSPS) is 38.8. The Kier molecular flexibility index (Phi) is 20.3. The van der Waals surface area contributed by atoms with Gasteiger partial charge in [-0.3, -0.25) is 33.8 Å². The van der Waals surface area contributed by atoms with Crippen LogP contribution < -0.4 is 53.8 Å². The summed E-state index contributed by atoms with van der Waals surface area (Å²) in [6.07, 6.45) is 15.4. The molecule has 4 aromatic carbocycles. The van der Waals surface area contributed by atoms with E-state index in [0.29, 0.717) is 103 Å². The zero-order chi connectivity index (χ0) is 80.0. The molecule has 119 heavy (non-hydrogen) atoms. The number of aromatic hydroxyl groups is 1. The zero-order valence-corrected chi connectivity index (χ0v) is 68.6. The third-order valence-corrected chi connectivity index (χ3v) is 33.7. The summed E-state index contributed by atoms with van der Waals surface area (Å²) in [5.74, 6) is 2.26. The molecular weight excluding hydrogens is 1520 g/mol. The fourth-order valence-corrected chi connectivity index (χ4v) is 27.7. The molecule has 27 heteroatoms. The first-order valence-electron chi connectivity index (χ1n) is 43.1. The maximum atomic E-state index is 13.6. The Balaban J connectivity index is 0.000000118. The Labute approximate surface area is 722 Å². The average Bonchev–Trinajstić information content (AvgIpc) is 1.44. The molecule has 8 saturated carbocycles. The van der Waals surface area contributed by atoms with Crippen LogP contribution in [-0.4, -0.2) is 274 Å². The number of likely N-dealkylation sites (N-methyl/N-ethyl adjacent to an activating group) is 3. The van der Waals surface area contributed by atoms with Gasteiger partial charge in [-0.05, 0) is 222 Å². The first kappa shape index (κ1) is 85.3. The van der Waals surface area contributed by atoms with E-state index in [1.54, 1.807) is 11.0 Å². The molecule has 12 fully saturated rings. The second-order valence-electron chi connectivity index (χ2n) is 39.1. The fraction of sp³-hybridized carbons (Fsp3) is 0.685. The number of amides is 2. The van der Waals surface area contributed by atoms with Crippen LogP contribution in [0.3, 0.4) is 0 Å². The maximum Gasteiger partial charge on any atom is 1.00 e. The van der Waals surface area contributed by atoms with E-state index in [-0.39, 0.29) is 142 Å². The van der Waals surface area contributed by atoms with Crippen LogP contribution in [0.2, 0.25) is 0 Å². The van der Waals surface area contributed by atoms with Gasteiger partial charge in [-0.25, -0.2) is 0 Å². The van der Waals surface area contributed by atoms with Crippen LogP contribution in [-0.2, 0) is 80.8 Å². The molecule has 2 amide bonds. The quantitative estimate of drug-likeness (QED) is 0.0756. The number of rotatable bonds is 11. The fourth-order valence-electron chi connectivity index (χ4n) is 27.7. The van der Waals surface area contributed by atoms with Crippen LogP contribution in [0.5, 0.6) is 28.7 Å². The molecule has 19 atom stereocenters. The standard InChI is InChI=1S/C24H30N2O5.C23H25NO6.C22H30N2O3.C21H28N2O4.2CH4.Al.Li.4H/c1-13-4-5-15-12-17-24(29)7-6-16(25-3)20-23(24,18(15)19(13)30-20)10-11-26(17)21(28)22(8-9-22)31-14(2)27;1-12-3-4-14-11-16-23(28)6-5-15(26)19-22(23,17(14)18(12)29-19)9-10-24(16)20(27)21(7-8-21)30-13(2)25;1-13-3-4-14-11-16-22(26)6-5-15(23-2)19-21(22,17(14)18(13)27-19)9-10-24(16)12-20(25)7-8-20;1-22-13-4-5-21(26)15-10-12-2-3-14(24)17-16(12)20(21,18(13)27-17)8-9-23(15)11-19(25)6-7-19;;;;;;;;/h4-5,16-17,20,25,29H,6-12H2,1-3H3;3-4,16,19,28H,5-11H2,1-2H3;3-4,15-16,19,23,25-26H,5-12H2,1-2H3;2-3,13,15,18,22,24-26H,4-11H2,1H3;2*1H4;;;;;;/q;;;;;;;+1;;;;-1/t16-,17?,20-,23-,24+;16-,19+,22+,23-;15-,16?,19-,21-,22+;13-,15?,18-,20-,21+;;;;;;;;/m0100......../s1. The minimum absolute atomic E-state index is 0. The first-order chi connectivity index (χ1) is 54.8. The predicted octanol–water partition coefficient (Wildman–Crippen LogP) is 1.83. The topological polar surface area (TPSA) is 331 Å². The van der Waals surface area contributed by atoms with Crippen molar-refractivity contribution in [3.63, 3.8) is 0 Å². The maximum absolute atomic E-state index is 13.6. The Morgan fingerprint density at radius 1 is 0.445 bits per heavy atom. The number of nitrogens with one attached hydrogen (secondary N) is 3. The van der Waals surface area contributed by atoms with Gasteiger partial charge in [0.2, 0.25) is 0 Å². The molecule has 0 radical (unpaired) electrons. The molecule has 0 aromatic heterocycles. The SMILES string of the molecule is C.C.CC(=O)OC1(C(=O)N2CC[C@]34c5c6ccc(C)c5O[C@H]3C(=O)CC[C@@]4(O)[C@H]2C6)CC1.CN[C@H]1CC[C@@]2(O)C3Cc4ccc(C)c5c4[C@@]2(CCN3C(=O)C2(OC(C)=O)CC2)[C@H]1O5.CN[C@H]1CC[C@@]2(O)C3Cc4ccc(C)c5c4[C@@]2(CCN3CC2(O)CC2)[C@H]1O5.CN[C@H]1CC[C@@]2(O)C3Cc4ccc(O)c5c4[C@@]2(CCN3CC2(O)CC2)[C@H]1O5.[AlH3].[H-].[Li+]. The Hall–Kier alpha value is -5.88. The van der Waals surface area contributed by atoms with E-state index in [9.17, 15) is 59.7 Å². The van der Waals surface area contributed by atoms with Gasteiger partial charge in [0, 0.05) is 125 Å². The molecule has 4 spiro atoms. The minimum Gasteiger partial charge on any atom is -1.00 e. The summed E-state index contributed by atoms with van der Waals surface area (Å²) in [5, 5.41) is 90.9. The van der Waals surface area contributed by atoms with Crippen molar-refractivity contribution >= 4 is 46.9 Å². The van der Waals surface area contributed by atoms with E-state index in [1.807, 2.05) is 51.2 Å². The number of carbonyl (C=O) groups excluding carboxylic acids is 5. The van der Waals surface area contributed by atoms with Crippen LogP contribution in [0.1, 0.15) is 220 Å². The molecule has 8 heterocycles. The molecule has 20 aliphatic rings. The second-order valence-corrected chi connectivity index (χ2v) is 39.1. The summed E-state index contributed by atoms with van der Waals surface area (Å²) in [6.45, 7) is 12.9. The van der Waals surface area contributed by atoms with E-state index >= 15 is 0 Å². The van der Waals surface area contributed by atoms with Gasteiger partial charge in [0.05, 0.1) is 67.3 Å². The van der Waals surface area contributed by atoms with Crippen LogP contribution >= 0.6 is 0 Å². The number of carbonyl (C=O) groups is 5. The van der Waals surface area contributed by atoms with Crippen molar-refractivity contribution in [3.05, 3.63) is 110 Å². The number of aliphatic hydroxyl groups is 6. The Bertz CT molecular complexity index is 4760. The first-order valence-corrected chi connectivity index (χ1v) is 43.1. The van der Waals surface area contributed by atoms with Gasteiger partial charge in [-0.1, -0.05) is 57.3 Å². The number of esters is 2. The molecule has 4 saturated heterocycles. The number of Topliss-reactive ketones (excluding diaryl/α,β-unsaturated/α-hetero) is 1. The number of piperidine rings is 4. The summed E-state index contributed by atoms with van der Waals surface area (Å²) >= 11 is 0. The third-order valence-electron chi connectivity index (χ3n) is 33.7. The summed E-state index contributed by atoms with van der Waals surface area (Å²) in [5.41, 5.74) is 3.22. The smallest absolute Gasteiger partial charge is 1.00 e. The van der Waals surface area contributed by atoms with Gasteiger partial charge in [0.25, 0.3) is 11.8 Å². The third kappa shape index (κ3) is 11.2. The molecule has 8 bridgehead atoms. The molecule has 640 valence electrons. The molecule has 10 N–H and O–H groups in total. The van der Waals surface area contributed by atoms with E-state index in [1.165, 1.54) is 47.2 Å². The number of phenolic OH excluding ortho intramolecular Hbond substituents is 1. The van der Waals surface area contributed by atoms with Gasteiger partial charge in [0.15, 0.2) is 51.9 Å². The van der Waals surface area contributed by atoms with Crippen molar-refractivity contribution in [2.45, 2.75) is 337 Å². The van der Waals surface area contributed by atoms with Gasteiger partial charge in [-0.2, -0.15) is 0 Å². The van der Waals surface area contributed by atoms with Crippen LogP contribution in [0.25, 0.3) is 0 Å². The minimum atomic E-state index is -1.24. The van der Waals surface area contributed by atoms with E-state index in [2.05, 4.69) is 63.9 Å². The summed E-state index contributed by atoms with van der Waals surface area (Å²) in [4.78, 5) is 71.5. The van der Waals surface area contributed by atoms with Gasteiger partial charge >= 0.3 is 30.8 Å². The van der Waals surface area contributed by atoms with Crippen molar-refractivity contribution in [1.29, 1.82) is 0 Å². The number of β-amino-alcohol motifs (C(OH)–C–C–N with tert-alkyl or cyclic N) is 2. The van der Waals surface area contributed by atoms with Crippen molar-refractivity contribution in [2.75, 3.05) is 60.4 Å². The van der Waals surface area contributed by atoms with Crippen molar-refractivity contribution < 1.29 is 108 Å². The van der Waals surface area contributed by atoms with Crippen molar-refractivity contribution in [2.24, 2.45) is 0 Å². The van der Waals surface area contributed by atoms with E-state index in [4.69, 9.17) is 28.4 Å². The number of benzene rings is 4. The second kappa shape index (κ2) is 28.3. The predicted molar refractivity (Wildman–Crippen MR) is 442 cm³/mol. The summed E-state index contributed by atoms with van der Waals surface area (Å²) in [7, 11) is 5.93. The number of hydrogen-bond donors (Lipinski definition) is 10. The summed E-state index contributed by atoms with van der Waals surface area (Å²) < 4.78 is 36.8. The Morgan fingerprint density at radius 3 is 1.15 bits per heavy atom. The van der Waals surface area contributed by atoms with Crippen molar-refractivity contribution in [1.82, 2.24) is 35.6 Å². The van der Waals surface area contributed by atoms with E-state index < -0.39 is 85.1 Å². The largest absolute Gasteiger partial charge is 1.00 e. The van der Waals surface area contributed by atoms with Crippen LogP contribution in [0.15, 0.2) is 48.5 Å². The molecule has 8 aliphatic heterocycles. The molecule has 4 aromatic rings. The molecular formula is C92H125AlLiN7O18. The Morgan fingerprint density at radius 2 is 0.773 bits per heavy atom. The van der Waals surface area contributed by atoms with Gasteiger partial charge in [-0.15, -0.1) is 0 Å². The zero-order valence-electron chi connectivity index (χ0n) is 69.6.